The summed E-state index contributed by atoms with van der Waals surface area (Å²) in [7, 11) is -1.93. The highest BCUT2D eigenvalue weighted by Gasteiger charge is 2.47. The maximum absolute atomic E-state index is 2.66. The summed E-state index contributed by atoms with van der Waals surface area (Å²) in [6.45, 7) is 19.3. The Hall–Kier alpha value is -3.42. The number of allylic oxidation sites excluding steroid dienone is 2. The molecule has 6 rings (SSSR count). The van der Waals surface area contributed by atoms with Gasteiger partial charge in [-0.3, -0.25) is 0 Å². The molecule has 1 heteroatoms. The van der Waals surface area contributed by atoms with Crippen LogP contribution < -0.4 is 0 Å². The molecule has 2 atom stereocenters. The fourth-order valence-corrected chi connectivity index (χ4v) is 13.9. The molecule has 0 N–H and O–H groups in total. The second-order valence-corrected chi connectivity index (χ2v) is 18.2. The predicted octanol–water partition coefficient (Wildman–Crippen LogP) is 11.8. The molecule has 2 aliphatic carbocycles. The number of hydrogen-bond donors (Lipinski definition) is 0. The van der Waals surface area contributed by atoms with Crippen molar-refractivity contribution in [3.05, 3.63) is 128 Å². The SMILES string of the molecule is CCc1cccc(-c2cccc3c2C=C(C)C3[Si](C)(C)C2C(C)=Cc3c(-c4cccc(CC)c4CC)cccc32)c1CC. The molecule has 0 aromatic heterocycles. The fourth-order valence-electron chi connectivity index (χ4n) is 8.99. The van der Waals surface area contributed by atoms with Crippen molar-refractivity contribution in [3.8, 4) is 22.3 Å². The third-order valence-corrected chi connectivity index (χ3v) is 15.1. The summed E-state index contributed by atoms with van der Waals surface area (Å²) >= 11 is 0. The average molecular weight is 581 g/mol. The van der Waals surface area contributed by atoms with E-state index in [1.807, 2.05) is 0 Å². The maximum Gasteiger partial charge on any atom is 0.0722 e. The van der Waals surface area contributed by atoms with E-state index in [0.717, 1.165) is 25.7 Å². The number of fused-ring (bicyclic) bond motifs is 2. The summed E-state index contributed by atoms with van der Waals surface area (Å²) < 4.78 is 0. The van der Waals surface area contributed by atoms with Crippen molar-refractivity contribution in [2.75, 3.05) is 0 Å². The number of benzene rings is 4. The molecular formula is C42H48Si. The molecule has 0 spiro atoms. The summed E-state index contributed by atoms with van der Waals surface area (Å²) in [5, 5.41) is 0. The van der Waals surface area contributed by atoms with E-state index < -0.39 is 8.07 Å². The van der Waals surface area contributed by atoms with Crippen molar-refractivity contribution in [2.24, 2.45) is 0 Å². The zero-order chi connectivity index (χ0) is 30.5. The van der Waals surface area contributed by atoms with Gasteiger partial charge < -0.3 is 0 Å². The molecule has 0 fully saturated rings. The van der Waals surface area contributed by atoms with Crippen LogP contribution in [-0.2, 0) is 25.7 Å². The van der Waals surface area contributed by atoms with E-state index in [1.54, 1.807) is 22.3 Å². The fraction of sp³-hybridized carbons (Fsp3) is 0.333. The largest absolute Gasteiger partial charge is 0.0722 e. The molecule has 0 radical (unpaired) electrons. The first-order chi connectivity index (χ1) is 20.8. The van der Waals surface area contributed by atoms with Crippen molar-refractivity contribution in [3.63, 3.8) is 0 Å². The Morgan fingerprint density at radius 1 is 0.488 bits per heavy atom. The van der Waals surface area contributed by atoms with Crippen LogP contribution in [0.2, 0.25) is 13.1 Å². The Morgan fingerprint density at radius 2 is 0.860 bits per heavy atom. The molecule has 43 heavy (non-hydrogen) atoms. The van der Waals surface area contributed by atoms with Crippen molar-refractivity contribution in [1.82, 2.24) is 0 Å². The molecule has 4 aromatic carbocycles. The first kappa shape index (κ1) is 29.6. The van der Waals surface area contributed by atoms with Crippen molar-refractivity contribution < 1.29 is 0 Å². The summed E-state index contributed by atoms with van der Waals surface area (Å²) in [5.41, 5.74) is 21.8. The van der Waals surface area contributed by atoms with Crippen LogP contribution in [0, 0.1) is 0 Å². The summed E-state index contributed by atoms with van der Waals surface area (Å²) in [6, 6.07) is 28.1. The van der Waals surface area contributed by atoms with Gasteiger partial charge in [-0.15, -0.1) is 0 Å². The molecule has 2 aliphatic rings. The molecule has 0 nitrogen and oxygen atoms in total. The third-order valence-electron chi connectivity index (χ3n) is 10.6. The van der Waals surface area contributed by atoms with E-state index in [1.165, 1.54) is 55.6 Å². The minimum absolute atomic E-state index is 0.500. The van der Waals surface area contributed by atoms with Gasteiger partial charge in [0.05, 0.1) is 8.07 Å². The third kappa shape index (κ3) is 4.72. The first-order valence-electron chi connectivity index (χ1n) is 16.6. The molecule has 0 heterocycles. The van der Waals surface area contributed by atoms with Crippen LogP contribution in [-0.4, -0.2) is 8.07 Å². The van der Waals surface area contributed by atoms with Crippen molar-refractivity contribution in [2.45, 2.75) is 91.4 Å². The molecule has 0 bridgehead atoms. The lowest BCUT2D eigenvalue weighted by Gasteiger charge is -2.39. The molecule has 2 unspecified atom stereocenters. The van der Waals surface area contributed by atoms with Crippen LogP contribution in [0.5, 0.6) is 0 Å². The highest BCUT2D eigenvalue weighted by atomic mass is 28.3. The predicted molar refractivity (Wildman–Crippen MR) is 192 cm³/mol. The summed E-state index contributed by atoms with van der Waals surface area (Å²) in [6.07, 6.45) is 9.39. The number of hydrogen-bond acceptors (Lipinski definition) is 0. The van der Waals surface area contributed by atoms with Crippen LogP contribution in [0.3, 0.4) is 0 Å². The van der Waals surface area contributed by atoms with E-state index in [0.29, 0.717) is 11.1 Å². The van der Waals surface area contributed by atoms with Gasteiger partial charge in [-0.1, -0.05) is 137 Å². The minimum Gasteiger partial charge on any atom is -0.0679 e. The molecule has 0 aliphatic heterocycles. The standard InChI is InChI=1S/C42H48Si/c1-9-29-17-13-19-33(31(29)11-3)35-21-15-23-37-39(35)25-27(5)41(37)43(7,8)42-28(6)26-40-36(22-16-24-38(40)42)34-20-14-18-30(10-2)32(34)12-4/h13-26,41-42H,9-12H2,1-8H3. The Balaban J connectivity index is 1.46. The van der Waals surface area contributed by atoms with Gasteiger partial charge in [0, 0.05) is 11.1 Å². The van der Waals surface area contributed by atoms with Gasteiger partial charge in [0.1, 0.15) is 0 Å². The monoisotopic (exact) mass is 580 g/mol. The van der Waals surface area contributed by atoms with Crippen LogP contribution in [0.15, 0.2) is 83.9 Å². The average Bonchev–Trinajstić information content (AvgIpc) is 3.55. The van der Waals surface area contributed by atoms with E-state index in [9.17, 15) is 0 Å². The second kappa shape index (κ2) is 11.6. The summed E-state index contributed by atoms with van der Waals surface area (Å²) in [4.78, 5) is 0. The highest BCUT2D eigenvalue weighted by molar-refractivity contribution is 6.81. The topological polar surface area (TPSA) is 0 Å². The van der Waals surface area contributed by atoms with Gasteiger partial charge in [-0.05, 0) is 106 Å². The van der Waals surface area contributed by atoms with Crippen LogP contribution in [0.1, 0.15) is 97.1 Å². The van der Waals surface area contributed by atoms with Gasteiger partial charge in [-0.2, -0.15) is 0 Å². The molecule has 220 valence electrons. The van der Waals surface area contributed by atoms with Gasteiger partial charge >= 0.3 is 0 Å². The zero-order valence-corrected chi connectivity index (χ0v) is 28.6. The Labute approximate surface area is 261 Å². The van der Waals surface area contributed by atoms with E-state index >= 15 is 0 Å². The second-order valence-electron chi connectivity index (χ2n) is 13.4. The maximum atomic E-state index is 2.66. The smallest absolute Gasteiger partial charge is 0.0679 e. The van der Waals surface area contributed by atoms with Crippen LogP contribution in [0.4, 0.5) is 0 Å². The molecule has 0 saturated carbocycles. The number of aryl methyl sites for hydroxylation is 2. The first-order valence-corrected chi connectivity index (χ1v) is 19.8. The van der Waals surface area contributed by atoms with Crippen molar-refractivity contribution in [1.29, 1.82) is 0 Å². The van der Waals surface area contributed by atoms with Gasteiger partial charge in [-0.25, -0.2) is 0 Å². The molecule has 0 amide bonds. The van der Waals surface area contributed by atoms with Crippen LogP contribution >= 0.6 is 0 Å². The number of rotatable bonds is 8. The lowest BCUT2D eigenvalue weighted by Crippen LogP contribution is -2.42. The Bertz CT molecular complexity index is 1630. The van der Waals surface area contributed by atoms with E-state index in [-0.39, 0.29) is 0 Å². The lowest BCUT2D eigenvalue weighted by molar-refractivity contribution is 0.968. The summed E-state index contributed by atoms with van der Waals surface area (Å²) in [5.74, 6) is 0. The molecule has 4 aromatic rings. The van der Waals surface area contributed by atoms with E-state index in [4.69, 9.17) is 0 Å². The minimum atomic E-state index is -1.93. The Kier molecular flexibility index (Phi) is 7.98. The Morgan fingerprint density at radius 3 is 1.23 bits per heavy atom. The van der Waals surface area contributed by atoms with Gasteiger partial charge in [0.15, 0.2) is 0 Å². The van der Waals surface area contributed by atoms with Crippen LogP contribution in [0.25, 0.3) is 34.4 Å². The molecular weight excluding hydrogens is 533 g/mol. The highest BCUT2D eigenvalue weighted by Crippen LogP contribution is 2.54. The van der Waals surface area contributed by atoms with Crippen molar-refractivity contribution >= 4 is 20.2 Å². The van der Waals surface area contributed by atoms with Gasteiger partial charge in [0.25, 0.3) is 0 Å². The lowest BCUT2D eigenvalue weighted by atomic mass is 9.89. The molecule has 0 saturated heterocycles. The van der Waals surface area contributed by atoms with Gasteiger partial charge in [0.2, 0.25) is 0 Å². The quantitative estimate of drug-likeness (QED) is 0.182. The zero-order valence-electron chi connectivity index (χ0n) is 27.6. The van der Waals surface area contributed by atoms with E-state index in [2.05, 4.69) is 140 Å². The normalized spacial score (nSPS) is 17.5.